The number of carbonyl (C=O) groups is 3. The minimum Gasteiger partial charge on any atom is -0.481 e. The van der Waals surface area contributed by atoms with Gasteiger partial charge in [0.05, 0.1) is 16.3 Å². The first kappa shape index (κ1) is 41.9. The molecular weight excluding hydrogens is 753 g/mol. The molecule has 1 spiro atoms. The lowest BCUT2D eigenvalue weighted by atomic mass is 10.0. The number of nitrogens with one attached hydrogen (secondary N) is 3. The highest BCUT2D eigenvalue weighted by molar-refractivity contribution is 9.14. The van der Waals surface area contributed by atoms with Crippen LogP contribution in [0.25, 0.3) is 0 Å². The smallest absolute Gasteiger partial charge is 0.308 e. The first-order valence-corrected chi connectivity index (χ1v) is 25.2. The molecule has 2 amide bonds. The van der Waals surface area contributed by atoms with E-state index in [4.69, 9.17) is 0 Å². The van der Waals surface area contributed by atoms with Gasteiger partial charge in [0.1, 0.15) is 0 Å². The van der Waals surface area contributed by atoms with E-state index in [0.29, 0.717) is 32.2 Å². The summed E-state index contributed by atoms with van der Waals surface area (Å²) in [7, 11) is 6.67. The van der Waals surface area contributed by atoms with Crippen molar-refractivity contribution in [2.24, 2.45) is 5.92 Å². The summed E-state index contributed by atoms with van der Waals surface area (Å²) in [5, 5.41) is 26.4. The fourth-order valence-corrected chi connectivity index (χ4v) is 20.1. The predicted octanol–water partition coefficient (Wildman–Crippen LogP) is 7.77. The van der Waals surface area contributed by atoms with Crippen LogP contribution in [0, 0.1) is 5.92 Å². The Morgan fingerprint density at radius 2 is 1.38 bits per heavy atom. The van der Waals surface area contributed by atoms with Crippen molar-refractivity contribution in [1.82, 2.24) is 30.7 Å². The zero-order valence-electron chi connectivity index (χ0n) is 27.4. The van der Waals surface area contributed by atoms with Crippen LogP contribution in [0.3, 0.4) is 0 Å². The number of sulfonamides is 1. The van der Waals surface area contributed by atoms with Gasteiger partial charge in [-0.2, -0.15) is 5.21 Å². The normalized spacial score (nSPS) is 16.5. The van der Waals surface area contributed by atoms with Gasteiger partial charge in [-0.15, -0.1) is 10.2 Å². The van der Waals surface area contributed by atoms with E-state index in [1.54, 1.807) is 43.2 Å². The lowest BCUT2D eigenvalue weighted by Crippen LogP contribution is -2.33. The minimum absolute atomic E-state index is 0. The van der Waals surface area contributed by atoms with E-state index in [9.17, 15) is 27.9 Å². The Hall–Kier alpha value is -0.470. The van der Waals surface area contributed by atoms with E-state index < -0.39 is 27.8 Å². The molecule has 3 rings (SSSR count). The van der Waals surface area contributed by atoms with Gasteiger partial charge < -0.3 is 10.4 Å². The highest BCUT2D eigenvalue weighted by Gasteiger charge is 2.53. The van der Waals surface area contributed by atoms with Crippen LogP contribution in [-0.4, -0.2) is 71.6 Å². The first-order chi connectivity index (χ1) is 23.2. The number of aryl methyl sites for hydroxylation is 1. The lowest BCUT2D eigenvalue weighted by Gasteiger charge is -2.27. The second-order valence-electron chi connectivity index (χ2n) is 12.1. The molecule has 2 aliphatic rings. The number of hydrogen-bond donors (Lipinski definition) is 4. The van der Waals surface area contributed by atoms with Crippen molar-refractivity contribution in [2.45, 2.75) is 136 Å². The van der Waals surface area contributed by atoms with E-state index in [1.807, 2.05) is 21.6 Å². The van der Waals surface area contributed by atoms with Gasteiger partial charge in [0.25, 0.3) is 0 Å². The molecule has 276 valence electrons. The Balaban J connectivity index is 0.00000833. The third-order valence-corrected chi connectivity index (χ3v) is 23.1. The molecule has 2 saturated heterocycles. The largest absolute Gasteiger partial charge is 0.481 e. The van der Waals surface area contributed by atoms with Crippen molar-refractivity contribution in [3.05, 3.63) is 5.82 Å². The molecule has 0 bridgehead atoms. The molecule has 0 aromatic carbocycles. The molecule has 0 saturated carbocycles. The Bertz CT molecular complexity index is 1190. The molecule has 2 aliphatic heterocycles. The van der Waals surface area contributed by atoms with Crippen LogP contribution in [0.2, 0.25) is 0 Å². The maximum atomic E-state index is 12.3. The molecule has 0 aliphatic carbocycles. The fraction of sp³-hybridized carbons (Fsp3) is 0.862. The number of aromatic amines is 1. The van der Waals surface area contributed by atoms with Gasteiger partial charge in [-0.3, -0.25) is 19.1 Å². The van der Waals surface area contributed by atoms with Crippen LogP contribution in [-0.2, 0) is 30.8 Å². The van der Waals surface area contributed by atoms with Crippen LogP contribution in [0.1, 0.15) is 129 Å². The van der Waals surface area contributed by atoms with Crippen molar-refractivity contribution < 1.29 is 29.3 Å². The van der Waals surface area contributed by atoms with E-state index in [-0.39, 0.29) is 39.7 Å². The highest BCUT2D eigenvalue weighted by atomic mass is 33.2. The number of unbranched alkanes of at least 4 members (excludes halogenated alkanes) is 13. The van der Waals surface area contributed by atoms with Crippen LogP contribution < -0.4 is 10.0 Å². The quantitative estimate of drug-likeness (QED) is 0.0366. The molecule has 1 atom stereocenters. The van der Waals surface area contributed by atoms with Crippen LogP contribution in [0.4, 0.5) is 0 Å². The second-order valence-corrected chi connectivity index (χ2v) is 23.4. The fourth-order valence-electron chi connectivity index (χ4n) is 5.15. The lowest BCUT2D eigenvalue weighted by molar-refractivity contribution is -0.141. The van der Waals surface area contributed by atoms with Crippen LogP contribution >= 0.6 is 64.8 Å². The third-order valence-electron chi connectivity index (χ3n) is 7.90. The number of hydrogen-bond acceptors (Lipinski definition) is 14. The summed E-state index contributed by atoms with van der Waals surface area (Å²) >= 11 is 0. The Kier molecular flexibility index (Phi) is 20.9. The Labute approximate surface area is 310 Å². The van der Waals surface area contributed by atoms with Crippen LogP contribution in [0.15, 0.2) is 0 Å². The van der Waals surface area contributed by atoms with Crippen LogP contribution in [0.5, 0.6) is 0 Å². The van der Waals surface area contributed by atoms with Gasteiger partial charge >= 0.3 is 5.97 Å². The van der Waals surface area contributed by atoms with E-state index >= 15 is 0 Å². The molecule has 0 radical (unpaired) electrons. The van der Waals surface area contributed by atoms with Gasteiger partial charge in [-0.1, -0.05) is 125 Å². The number of H-pyrrole nitrogens is 1. The van der Waals surface area contributed by atoms with E-state index in [1.165, 1.54) is 51.4 Å². The molecular formula is C29H52N6O6S7. The summed E-state index contributed by atoms with van der Waals surface area (Å²) in [6.07, 6.45) is 18.0. The number of carboxylic acids is 1. The monoisotopic (exact) mass is 804 g/mol. The molecule has 3 heterocycles. The first-order valence-electron chi connectivity index (χ1n) is 17.0. The van der Waals surface area contributed by atoms with Gasteiger partial charge in [0.15, 0.2) is 8.57 Å². The maximum Gasteiger partial charge on any atom is 0.308 e. The molecule has 48 heavy (non-hydrogen) atoms. The zero-order chi connectivity index (χ0) is 34.5. The number of carboxylic acid groups (broad SMARTS) is 1. The molecule has 2 fully saturated rings. The van der Waals surface area contributed by atoms with Crippen molar-refractivity contribution in [1.29, 1.82) is 0 Å². The second kappa shape index (κ2) is 23.9. The SMILES string of the molecule is O=C(CCCS(=O)(=O)NC(=O)CCCCCCCCCCCCCCCc1nn[nH]n1)NCCCC[C@@H](C(=O)O)C1SSC2(SS1)SS2.[HH]. The number of aliphatic carboxylic acids is 1. The number of carbonyl (C=O) groups excluding carboxylic acids is 2. The minimum atomic E-state index is -3.77. The topological polar surface area (TPSA) is 184 Å². The summed E-state index contributed by atoms with van der Waals surface area (Å²) < 4.78 is 26.8. The average molecular weight is 805 g/mol. The van der Waals surface area contributed by atoms with Crippen molar-refractivity contribution >= 4 is 92.6 Å². The number of tetrazole rings is 1. The predicted molar refractivity (Wildman–Crippen MR) is 206 cm³/mol. The highest BCUT2D eigenvalue weighted by Crippen LogP contribution is 2.84. The van der Waals surface area contributed by atoms with E-state index in [0.717, 1.165) is 37.9 Å². The maximum absolute atomic E-state index is 12.3. The molecule has 1 aromatic heterocycles. The van der Waals surface area contributed by atoms with Gasteiger partial charge in [0.2, 0.25) is 21.8 Å². The summed E-state index contributed by atoms with van der Waals surface area (Å²) in [5.74, 6) is -1.43. The molecule has 12 nitrogen and oxygen atoms in total. The molecule has 1 aromatic rings. The number of rotatable bonds is 28. The summed E-state index contributed by atoms with van der Waals surface area (Å²) in [6, 6.07) is 0. The summed E-state index contributed by atoms with van der Waals surface area (Å²) in [6.45, 7) is 0.422. The Morgan fingerprint density at radius 1 is 0.792 bits per heavy atom. The van der Waals surface area contributed by atoms with Gasteiger partial charge in [0, 0.05) is 27.2 Å². The van der Waals surface area contributed by atoms with Crippen molar-refractivity contribution in [2.75, 3.05) is 12.3 Å². The number of amides is 2. The molecule has 4 N–H and O–H groups in total. The average Bonchev–Trinajstić information content (AvgIpc) is 3.58. The summed E-state index contributed by atoms with van der Waals surface area (Å²) in [4.78, 5) is 36.1. The van der Waals surface area contributed by atoms with E-state index in [2.05, 4.69) is 30.7 Å². The summed E-state index contributed by atoms with van der Waals surface area (Å²) in [5.41, 5.74) is 0. The molecule has 19 heteroatoms. The third kappa shape index (κ3) is 18.7. The van der Waals surface area contributed by atoms with Gasteiger partial charge in [-0.05, 0) is 53.7 Å². The number of aromatic nitrogens is 4. The van der Waals surface area contributed by atoms with Crippen molar-refractivity contribution in [3.63, 3.8) is 0 Å². The zero-order valence-corrected chi connectivity index (χ0v) is 33.1. The van der Waals surface area contributed by atoms with Crippen molar-refractivity contribution in [3.8, 4) is 0 Å². The van der Waals surface area contributed by atoms with Gasteiger partial charge in [-0.25, -0.2) is 8.42 Å². The number of nitrogens with zero attached hydrogens (tertiary/aromatic N) is 3. The Morgan fingerprint density at radius 3 is 1.94 bits per heavy atom. The standard InChI is InChI=1S/C29H50N6O6S7.H2/c36-25(30-21-15-14-17-23(27(38)39)28-42-44-29(45-43-28)46-47-29)20-16-22-48(40,41)33-26(37)19-13-11-9-7-5-3-1-2-4-6-8-10-12-18-24-31-34-35-32-24;/h23,28H,1-22H2,(H,30,36)(H,33,37)(H,38,39)(H,31,32,34,35);1H/t23-;/m0./s1. The molecule has 0 unspecified atom stereocenters.